The van der Waals surface area contributed by atoms with Crippen molar-refractivity contribution in [3.05, 3.63) is 0 Å². The van der Waals surface area contributed by atoms with Gasteiger partial charge in [0.05, 0.1) is 12.1 Å². The molecule has 1 unspecified atom stereocenters. The molecule has 11 heavy (non-hydrogen) atoms. The van der Waals surface area contributed by atoms with Crippen molar-refractivity contribution in [2.45, 2.75) is 26.7 Å². The van der Waals surface area contributed by atoms with Crippen molar-refractivity contribution in [3.8, 4) is 0 Å². The number of hydrogen-bond acceptors (Lipinski definition) is 1. The van der Waals surface area contributed by atoms with Gasteiger partial charge in [0.15, 0.2) is 0 Å². The number of rotatable bonds is 3. The van der Waals surface area contributed by atoms with Crippen molar-refractivity contribution < 1.29 is 14.3 Å². The monoisotopic (exact) mass is 160 g/mol. The number of carbonyl (C=O) groups is 1. The molecule has 0 aromatic heterocycles. The smallest absolute Gasteiger partial charge is 0.310 e. The van der Waals surface area contributed by atoms with Crippen LogP contribution in [-0.2, 0) is 4.79 Å². The highest BCUT2D eigenvalue weighted by Gasteiger charge is 2.66. The Morgan fingerprint density at radius 1 is 1.64 bits per heavy atom. The zero-order valence-electron chi connectivity index (χ0n) is 6.85. The van der Waals surface area contributed by atoms with Crippen molar-refractivity contribution in [2.24, 2.45) is 10.8 Å². The summed E-state index contributed by atoms with van der Waals surface area (Å²) < 4.78 is 12.0. The molecule has 0 bridgehead atoms. The second-order valence-electron chi connectivity index (χ2n) is 3.89. The molecule has 0 aliphatic heterocycles. The van der Waals surface area contributed by atoms with Crippen LogP contribution < -0.4 is 0 Å². The first-order valence-corrected chi connectivity index (χ1v) is 3.76. The summed E-state index contributed by atoms with van der Waals surface area (Å²) in [6.45, 7) is 3.21. The van der Waals surface area contributed by atoms with Crippen LogP contribution in [0.5, 0.6) is 0 Å². The third kappa shape index (κ3) is 1.03. The van der Waals surface area contributed by atoms with E-state index in [0.29, 0.717) is 6.42 Å². The van der Waals surface area contributed by atoms with Crippen molar-refractivity contribution in [2.75, 3.05) is 6.67 Å². The van der Waals surface area contributed by atoms with Crippen LogP contribution in [0.15, 0.2) is 0 Å². The van der Waals surface area contributed by atoms with Crippen LogP contribution >= 0.6 is 0 Å². The maximum absolute atomic E-state index is 12.0. The molecule has 1 saturated carbocycles. The van der Waals surface area contributed by atoms with E-state index in [0.717, 1.165) is 0 Å². The Balaban J connectivity index is 2.71. The summed E-state index contributed by atoms with van der Waals surface area (Å²) in [6, 6.07) is 0. The zero-order valence-corrected chi connectivity index (χ0v) is 6.85. The standard InChI is InChI=1S/C8H13FO2/c1-7(2)5-8(7,3-4-9)6(10)11/h3-5H2,1-2H3,(H,10,11). The van der Waals surface area contributed by atoms with Gasteiger partial charge in [-0.25, -0.2) is 0 Å². The minimum Gasteiger partial charge on any atom is -0.481 e. The van der Waals surface area contributed by atoms with E-state index in [-0.39, 0.29) is 11.8 Å². The molecule has 0 radical (unpaired) electrons. The summed E-state index contributed by atoms with van der Waals surface area (Å²) in [5.41, 5.74) is -0.966. The molecule has 1 aliphatic carbocycles. The lowest BCUT2D eigenvalue weighted by Gasteiger charge is -2.12. The predicted molar refractivity (Wildman–Crippen MR) is 39.1 cm³/mol. The summed E-state index contributed by atoms with van der Waals surface area (Å²) in [7, 11) is 0. The SMILES string of the molecule is CC1(C)CC1(CCF)C(=O)O. The van der Waals surface area contributed by atoms with Crippen LogP contribution in [-0.4, -0.2) is 17.8 Å². The van der Waals surface area contributed by atoms with Gasteiger partial charge >= 0.3 is 5.97 Å². The average molecular weight is 160 g/mol. The van der Waals surface area contributed by atoms with E-state index in [1.165, 1.54) is 0 Å². The molecule has 1 fully saturated rings. The first-order chi connectivity index (χ1) is 4.96. The summed E-state index contributed by atoms with van der Waals surface area (Å²) in [5.74, 6) is -0.847. The lowest BCUT2D eigenvalue weighted by atomic mass is 9.93. The molecule has 1 rings (SSSR count). The van der Waals surface area contributed by atoms with Crippen LogP contribution in [0.3, 0.4) is 0 Å². The second-order valence-corrected chi connectivity index (χ2v) is 3.89. The van der Waals surface area contributed by atoms with Gasteiger partial charge in [0, 0.05) is 0 Å². The summed E-state index contributed by atoms with van der Waals surface area (Å²) in [6.07, 6.45) is 0.772. The van der Waals surface area contributed by atoms with Gasteiger partial charge in [0.2, 0.25) is 0 Å². The van der Waals surface area contributed by atoms with Gasteiger partial charge in [-0.15, -0.1) is 0 Å². The third-order valence-electron chi connectivity index (χ3n) is 2.84. The van der Waals surface area contributed by atoms with Crippen LogP contribution in [0.2, 0.25) is 0 Å². The van der Waals surface area contributed by atoms with Crippen LogP contribution in [0.4, 0.5) is 4.39 Å². The highest BCUT2D eigenvalue weighted by atomic mass is 19.1. The lowest BCUT2D eigenvalue weighted by Crippen LogP contribution is -2.21. The van der Waals surface area contributed by atoms with Crippen LogP contribution in [0.25, 0.3) is 0 Å². The van der Waals surface area contributed by atoms with Gasteiger partial charge in [-0.2, -0.15) is 0 Å². The molecule has 0 heterocycles. The third-order valence-corrected chi connectivity index (χ3v) is 2.84. The van der Waals surface area contributed by atoms with Gasteiger partial charge in [0.25, 0.3) is 0 Å². The molecule has 0 saturated heterocycles. The highest BCUT2D eigenvalue weighted by molar-refractivity contribution is 5.79. The molecular formula is C8H13FO2. The maximum atomic E-state index is 12.0. The fourth-order valence-corrected chi connectivity index (χ4v) is 1.77. The lowest BCUT2D eigenvalue weighted by molar-refractivity contribution is -0.145. The minimum absolute atomic E-state index is 0.162. The van der Waals surface area contributed by atoms with Crippen molar-refractivity contribution in [1.82, 2.24) is 0 Å². The first kappa shape index (κ1) is 8.50. The quantitative estimate of drug-likeness (QED) is 0.684. The van der Waals surface area contributed by atoms with E-state index in [1.54, 1.807) is 0 Å². The van der Waals surface area contributed by atoms with E-state index >= 15 is 0 Å². The van der Waals surface area contributed by atoms with Crippen molar-refractivity contribution >= 4 is 5.97 Å². The van der Waals surface area contributed by atoms with Gasteiger partial charge in [-0.1, -0.05) is 13.8 Å². The first-order valence-electron chi connectivity index (χ1n) is 3.76. The van der Waals surface area contributed by atoms with E-state index in [9.17, 15) is 9.18 Å². The molecule has 3 heteroatoms. The van der Waals surface area contributed by atoms with Gasteiger partial charge in [0.1, 0.15) is 0 Å². The number of hydrogen-bond donors (Lipinski definition) is 1. The van der Waals surface area contributed by atoms with Crippen LogP contribution in [0, 0.1) is 10.8 Å². The summed E-state index contributed by atoms with van der Waals surface area (Å²) >= 11 is 0. The van der Waals surface area contributed by atoms with Gasteiger partial charge in [-0.3, -0.25) is 9.18 Å². The van der Waals surface area contributed by atoms with Crippen molar-refractivity contribution in [1.29, 1.82) is 0 Å². The molecule has 0 amide bonds. The molecule has 0 aromatic rings. The topological polar surface area (TPSA) is 37.3 Å². The molecule has 0 spiro atoms. The zero-order chi connectivity index (χ0) is 8.70. The van der Waals surface area contributed by atoms with E-state index < -0.39 is 18.1 Å². The molecule has 1 aliphatic rings. The Morgan fingerprint density at radius 3 is 2.18 bits per heavy atom. The Kier molecular flexibility index (Phi) is 1.69. The summed E-state index contributed by atoms with van der Waals surface area (Å²) in [4.78, 5) is 10.7. The number of carboxylic acid groups (broad SMARTS) is 1. The normalized spacial score (nSPS) is 33.4. The van der Waals surface area contributed by atoms with Gasteiger partial charge < -0.3 is 5.11 Å². The highest BCUT2D eigenvalue weighted by Crippen LogP contribution is 2.65. The maximum Gasteiger partial charge on any atom is 0.310 e. The van der Waals surface area contributed by atoms with Crippen LogP contribution in [0.1, 0.15) is 26.7 Å². The fourth-order valence-electron chi connectivity index (χ4n) is 1.77. The van der Waals surface area contributed by atoms with Gasteiger partial charge in [-0.05, 0) is 18.3 Å². The number of carboxylic acids is 1. The molecular weight excluding hydrogens is 147 g/mol. The Hall–Kier alpha value is -0.600. The van der Waals surface area contributed by atoms with E-state index in [2.05, 4.69) is 0 Å². The molecule has 1 atom stereocenters. The number of halogens is 1. The molecule has 1 N–H and O–H groups in total. The molecule has 0 aromatic carbocycles. The molecule has 64 valence electrons. The number of alkyl halides is 1. The van der Waals surface area contributed by atoms with E-state index in [4.69, 9.17) is 5.11 Å². The Bertz CT molecular complexity index is 189. The predicted octanol–water partition coefficient (Wildman–Crippen LogP) is 1.85. The minimum atomic E-state index is -0.847. The molecule has 2 nitrogen and oxygen atoms in total. The number of aliphatic carboxylic acids is 1. The Morgan fingerprint density at radius 2 is 2.09 bits per heavy atom. The Labute approximate surface area is 65.4 Å². The van der Waals surface area contributed by atoms with E-state index in [1.807, 2.05) is 13.8 Å². The average Bonchev–Trinajstić information content (AvgIpc) is 2.36. The second kappa shape index (κ2) is 2.19. The fraction of sp³-hybridized carbons (Fsp3) is 0.875. The van der Waals surface area contributed by atoms with Crippen molar-refractivity contribution in [3.63, 3.8) is 0 Å². The summed E-state index contributed by atoms with van der Waals surface area (Å²) in [5, 5.41) is 8.80. The largest absolute Gasteiger partial charge is 0.481 e.